The van der Waals surface area contributed by atoms with Gasteiger partial charge >= 0.3 is 11.2 Å². The molecule has 1 unspecified atom stereocenters. The molecule has 0 bridgehead atoms. The van der Waals surface area contributed by atoms with Crippen LogP contribution in [0.15, 0.2) is 0 Å². The summed E-state index contributed by atoms with van der Waals surface area (Å²) in [4.78, 5) is 10.8. The van der Waals surface area contributed by atoms with Crippen molar-refractivity contribution in [3.63, 3.8) is 0 Å². The van der Waals surface area contributed by atoms with Crippen molar-refractivity contribution in [1.29, 1.82) is 0 Å². The van der Waals surface area contributed by atoms with E-state index < -0.39 is 24.0 Å². The lowest BCUT2D eigenvalue weighted by atomic mass is 10.3. The number of hydrogen-bond donors (Lipinski definition) is 0. The summed E-state index contributed by atoms with van der Waals surface area (Å²) in [6.45, 7) is 0.770. The summed E-state index contributed by atoms with van der Waals surface area (Å²) in [5.74, 6) is -0.682. The molecular weight excluding hydrogens is 233 g/mol. The minimum Gasteiger partial charge on any atom is -0.462 e. The molecule has 1 atom stereocenters. The Labute approximate surface area is 90.5 Å². The molecule has 0 heterocycles. The number of halogens is 3. The number of carbonyl (C=O) groups is 1. The molecule has 90 valence electrons. The molecule has 0 aromatic rings. The standard InChI is InChI=1S/C8H13F3O3S/c1-3-4-7(12)14-5-6(9)8(10,11)15-13-2/h6H,3-5H2,1-2H3. The third-order valence-electron chi connectivity index (χ3n) is 1.40. The molecule has 3 nitrogen and oxygen atoms in total. The Morgan fingerprint density at radius 1 is 1.53 bits per heavy atom. The molecule has 0 aliphatic carbocycles. The molecule has 0 amide bonds. The van der Waals surface area contributed by atoms with E-state index in [0.29, 0.717) is 6.42 Å². The van der Waals surface area contributed by atoms with Gasteiger partial charge in [0.15, 0.2) is 0 Å². The molecular formula is C8H13F3O3S. The maximum Gasteiger partial charge on any atom is 0.351 e. The fourth-order valence-electron chi connectivity index (χ4n) is 0.703. The van der Waals surface area contributed by atoms with Crippen molar-refractivity contribution < 1.29 is 26.9 Å². The topological polar surface area (TPSA) is 35.5 Å². The molecule has 0 spiro atoms. The zero-order chi connectivity index (χ0) is 11.9. The van der Waals surface area contributed by atoms with Gasteiger partial charge < -0.3 is 8.92 Å². The van der Waals surface area contributed by atoms with Gasteiger partial charge in [0, 0.05) is 6.42 Å². The van der Waals surface area contributed by atoms with Gasteiger partial charge in [0.1, 0.15) is 6.61 Å². The maximum absolute atomic E-state index is 12.8. The van der Waals surface area contributed by atoms with E-state index in [-0.39, 0.29) is 18.5 Å². The molecule has 0 aromatic carbocycles. The van der Waals surface area contributed by atoms with Crippen molar-refractivity contribution in [2.24, 2.45) is 0 Å². The van der Waals surface area contributed by atoms with Crippen LogP contribution in [-0.2, 0) is 13.7 Å². The third-order valence-corrected chi connectivity index (χ3v) is 2.05. The van der Waals surface area contributed by atoms with Gasteiger partial charge in [0.25, 0.3) is 0 Å². The second-order valence-electron chi connectivity index (χ2n) is 2.71. The Kier molecular flexibility index (Phi) is 6.75. The molecule has 0 radical (unpaired) electrons. The monoisotopic (exact) mass is 246 g/mol. The van der Waals surface area contributed by atoms with Crippen LogP contribution in [0.25, 0.3) is 0 Å². The van der Waals surface area contributed by atoms with E-state index in [9.17, 15) is 18.0 Å². The van der Waals surface area contributed by atoms with E-state index >= 15 is 0 Å². The zero-order valence-electron chi connectivity index (χ0n) is 8.47. The summed E-state index contributed by atoms with van der Waals surface area (Å²) in [7, 11) is 1.01. The van der Waals surface area contributed by atoms with Crippen molar-refractivity contribution in [3.8, 4) is 0 Å². The maximum atomic E-state index is 12.8. The molecule has 0 saturated carbocycles. The lowest BCUT2D eigenvalue weighted by Crippen LogP contribution is -2.31. The van der Waals surface area contributed by atoms with Gasteiger partial charge in [-0.1, -0.05) is 6.92 Å². The summed E-state index contributed by atoms with van der Waals surface area (Å²) in [5.41, 5.74) is 0. The van der Waals surface area contributed by atoms with Crippen LogP contribution in [0.1, 0.15) is 19.8 Å². The normalized spacial score (nSPS) is 13.7. The Hall–Kier alpha value is -0.430. The van der Waals surface area contributed by atoms with Crippen LogP contribution in [0.4, 0.5) is 13.2 Å². The fourth-order valence-corrected chi connectivity index (χ4v) is 1.10. The minimum atomic E-state index is -3.71. The first-order valence-corrected chi connectivity index (χ1v) is 5.07. The Morgan fingerprint density at radius 2 is 2.13 bits per heavy atom. The van der Waals surface area contributed by atoms with Crippen LogP contribution >= 0.6 is 12.0 Å². The highest BCUT2D eigenvalue weighted by molar-refractivity contribution is 7.95. The van der Waals surface area contributed by atoms with Gasteiger partial charge in [0.05, 0.1) is 19.2 Å². The van der Waals surface area contributed by atoms with Crippen molar-refractivity contribution in [2.75, 3.05) is 13.7 Å². The molecule has 0 rings (SSSR count). The fraction of sp³-hybridized carbons (Fsp3) is 0.875. The summed E-state index contributed by atoms with van der Waals surface area (Å²) in [6, 6.07) is 0. The first-order valence-electron chi connectivity index (χ1n) is 4.33. The summed E-state index contributed by atoms with van der Waals surface area (Å²) in [5, 5.41) is -3.71. The van der Waals surface area contributed by atoms with Gasteiger partial charge in [-0.3, -0.25) is 4.79 Å². The first kappa shape index (κ1) is 14.6. The van der Waals surface area contributed by atoms with Gasteiger partial charge in [-0.2, -0.15) is 8.78 Å². The molecule has 15 heavy (non-hydrogen) atoms. The van der Waals surface area contributed by atoms with Crippen molar-refractivity contribution in [2.45, 2.75) is 31.2 Å². The number of esters is 1. The van der Waals surface area contributed by atoms with E-state index in [1.807, 2.05) is 0 Å². The molecule has 0 saturated heterocycles. The highest BCUT2D eigenvalue weighted by Crippen LogP contribution is 2.34. The lowest BCUT2D eigenvalue weighted by Gasteiger charge is -2.17. The number of rotatable bonds is 7. The van der Waals surface area contributed by atoms with Crippen molar-refractivity contribution >= 4 is 18.0 Å². The van der Waals surface area contributed by atoms with E-state index in [0.717, 1.165) is 7.11 Å². The SMILES string of the molecule is CCCC(=O)OCC(F)C(F)(F)SOC. The molecule has 0 aliphatic rings. The van der Waals surface area contributed by atoms with Gasteiger partial charge in [-0.05, 0) is 6.42 Å². The average Bonchev–Trinajstić information content (AvgIpc) is 2.14. The lowest BCUT2D eigenvalue weighted by molar-refractivity contribution is -0.148. The molecule has 0 N–H and O–H groups in total. The Bertz CT molecular complexity index is 202. The molecule has 0 aliphatic heterocycles. The van der Waals surface area contributed by atoms with Crippen LogP contribution in [-0.4, -0.2) is 31.1 Å². The van der Waals surface area contributed by atoms with Crippen LogP contribution in [0, 0.1) is 0 Å². The summed E-state index contributed by atoms with van der Waals surface area (Å²) < 4.78 is 46.7. The number of alkyl halides is 3. The zero-order valence-corrected chi connectivity index (χ0v) is 9.28. The Morgan fingerprint density at radius 3 is 2.60 bits per heavy atom. The highest BCUT2D eigenvalue weighted by atomic mass is 32.2. The summed E-state index contributed by atoms with van der Waals surface area (Å²) in [6.07, 6.45) is -1.95. The smallest absolute Gasteiger partial charge is 0.351 e. The molecule has 7 heteroatoms. The van der Waals surface area contributed by atoms with E-state index in [4.69, 9.17) is 0 Å². The van der Waals surface area contributed by atoms with E-state index in [2.05, 4.69) is 8.92 Å². The summed E-state index contributed by atoms with van der Waals surface area (Å²) >= 11 is -0.293. The van der Waals surface area contributed by atoms with Crippen molar-refractivity contribution in [3.05, 3.63) is 0 Å². The van der Waals surface area contributed by atoms with Gasteiger partial charge in [-0.15, -0.1) is 0 Å². The van der Waals surface area contributed by atoms with Crippen LogP contribution in [0.3, 0.4) is 0 Å². The van der Waals surface area contributed by atoms with Gasteiger partial charge in [0.2, 0.25) is 6.17 Å². The quantitative estimate of drug-likeness (QED) is 0.511. The number of carbonyl (C=O) groups excluding carboxylic acids is 1. The Balaban J connectivity index is 3.91. The second kappa shape index (κ2) is 6.95. The van der Waals surface area contributed by atoms with Gasteiger partial charge in [-0.25, -0.2) is 4.39 Å². The second-order valence-corrected chi connectivity index (χ2v) is 3.76. The van der Waals surface area contributed by atoms with Crippen molar-refractivity contribution in [1.82, 2.24) is 0 Å². The van der Waals surface area contributed by atoms with E-state index in [1.165, 1.54) is 0 Å². The predicted molar refractivity (Wildman–Crippen MR) is 50.3 cm³/mol. The average molecular weight is 246 g/mol. The third kappa shape index (κ3) is 5.88. The largest absolute Gasteiger partial charge is 0.462 e. The van der Waals surface area contributed by atoms with E-state index in [1.54, 1.807) is 6.92 Å². The molecule has 0 fully saturated rings. The number of hydrogen-bond acceptors (Lipinski definition) is 4. The van der Waals surface area contributed by atoms with Crippen LogP contribution < -0.4 is 0 Å². The van der Waals surface area contributed by atoms with Crippen LogP contribution in [0.5, 0.6) is 0 Å². The predicted octanol–water partition coefficient (Wildman–Crippen LogP) is 2.56. The molecule has 0 aromatic heterocycles. The van der Waals surface area contributed by atoms with Crippen LogP contribution in [0.2, 0.25) is 0 Å². The highest BCUT2D eigenvalue weighted by Gasteiger charge is 2.42. The first-order chi connectivity index (χ1) is 6.94. The minimum absolute atomic E-state index is 0.0930. The number of ether oxygens (including phenoxy) is 1.